The number of carbonyl (C=O) groups is 1. The van der Waals surface area contributed by atoms with Crippen molar-refractivity contribution in [1.29, 1.82) is 0 Å². The zero-order valence-electron chi connectivity index (χ0n) is 14.6. The van der Waals surface area contributed by atoms with Crippen molar-refractivity contribution in [2.24, 2.45) is 0 Å². The van der Waals surface area contributed by atoms with Crippen molar-refractivity contribution in [1.82, 2.24) is 4.98 Å². The third-order valence-corrected chi connectivity index (χ3v) is 5.85. The van der Waals surface area contributed by atoms with Crippen LogP contribution in [0.25, 0.3) is 10.2 Å². The van der Waals surface area contributed by atoms with Crippen molar-refractivity contribution in [3.63, 3.8) is 0 Å². The number of rotatable bonds is 4. The van der Waals surface area contributed by atoms with E-state index in [0.29, 0.717) is 5.13 Å². The minimum Gasteiger partial charge on any atom is -0.298 e. The van der Waals surface area contributed by atoms with E-state index in [4.69, 9.17) is 0 Å². The van der Waals surface area contributed by atoms with Crippen LogP contribution in [0.15, 0.2) is 35.2 Å². The summed E-state index contributed by atoms with van der Waals surface area (Å²) in [5.41, 5.74) is 2.20. The topological polar surface area (TPSA) is 119 Å². The molecule has 0 saturated heterocycles. The van der Waals surface area contributed by atoms with Crippen molar-refractivity contribution >= 4 is 48.1 Å². The number of carbonyl (C=O) groups excluding carboxylic acids is 1. The van der Waals surface area contributed by atoms with Crippen molar-refractivity contribution in [2.75, 3.05) is 11.6 Å². The fraction of sp³-hybridized carbons (Fsp3) is 0.176. The maximum absolute atomic E-state index is 12.5. The van der Waals surface area contributed by atoms with Crippen LogP contribution in [0.5, 0.6) is 0 Å². The number of anilines is 1. The summed E-state index contributed by atoms with van der Waals surface area (Å²) in [5.74, 6) is -0.669. The van der Waals surface area contributed by atoms with Crippen molar-refractivity contribution in [3.05, 3.63) is 57.1 Å². The molecule has 0 spiro atoms. The summed E-state index contributed by atoms with van der Waals surface area (Å²) in [4.78, 5) is 27.0. The van der Waals surface area contributed by atoms with Gasteiger partial charge in [0.05, 0.1) is 20.0 Å². The van der Waals surface area contributed by atoms with E-state index in [9.17, 15) is 23.3 Å². The highest BCUT2D eigenvalue weighted by molar-refractivity contribution is 7.90. The molecule has 0 fully saturated rings. The Kier molecular flexibility index (Phi) is 4.70. The number of aromatic nitrogens is 1. The number of hydrogen-bond acceptors (Lipinski definition) is 7. The first kappa shape index (κ1) is 18.9. The van der Waals surface area contributed by atoms with E-state index in [2.05, 4.69) is 10.3 Å². The molecule has 0 saturated carbocycles. The second-order valence-electron chi connectivity index (χ2n) is 6.15. The van der Waals surface area contributed by atoms with Crippen molar-refractivity contribution in [2.45, 2.75) is 18.7 Å². The molecule has 0 radical (unpaired) electrons. The number of amides is 1. The van der Waals surface area contributed by atoms with Gasteiger partial charge in [0.25, 0.3) is 11.6 Å². The fourth-order valence-electron chi connectivity index (χ4n) is 2.63. The molecule has 0 aliphatic heterocycles. The lowest BCUT2D eigenvalue weighted by atomic mass is 10.1. The lowest BCUT2D eigenvalue weighted by molar-refractivity contribution is -0.385. The number of thiazole rings is 1. The molecule has 0 bridgehead atoms. The number of nitrogens with one attached hydrogen (secondary N) is 1. The van der Waals surface area contributed by atoms with Crippen molar-refractivity contribution in [3.8, 4) is 0 Å². The zero-order valence-corrected chi connectivity index (χ0v) is 16.3. The molecule has 10 heteroatoms. The molecular weight excluding hydrogens is 390 g/mol. The van der Waals surface area contributed by atoms with E-state index in [1.165, 1.54) is 11.3 Å². The Morgan fingerprint density at radius 1 is 1.19 bits per heavy atom. The maximum atomic E-state index is 12.5. The third kappa shape index (κ3) is 3.96. The monoisotopic (exact) mass is 405 g/mol. The molecule has 0 aliphatic carbocycles. The van der Waals surface area contributed by atoms with Crippen LogP contribution in [0.1, 0.15) is 21.5 Å². The van der Waals surface area contributed by atoms with Gasteiger partial charge in [-0.25, -0.2) is 13.4 Å². The lowest BCUT2D eigenvalue weighted by Gasteiger charge is -2.05. The predicted octanol–water partition coefficient (Wildman–Crippen LogP) is 3.48. The summed E-state index contributed by atoms with van der Waals surface area (Å²) in [6.45, 7) is 3.87. The lowest BCUT2D eigenvalue weighted by Crippen LogP contribution is -2.13. The number of nitrogens with zero attached hydrogens (tertiary/aromatic N) is 2. The quantitative estimate of drug-likeness (QED) is 0.524. The molecule has 1 amide bonds. The number of aryl methyl sites for hydroxylation is 2. The highest BCUT2D eigenvalue weighted by Crippen LogP contribution is 2.30. The van der Waals surface area contributed by atoms with Crippen LogP contribution in [0, 0.1) is 24.0 Å². The predicted molar refractivity (Wildman–Crippen MR) is 103 cm³/mol. The summed E-state index contributed by atoms with van der Waals surface area (Å²) >= 11 is 1.27. The van der Waals surface area contributed by atoms with Gasteiger partial charge in [-0.15, -0.1) is 0 Å². The molecule has 0 atom stereocenters. The molecule has 27 heavy (non-hydrogen) atoms. The van der Waals surface area contributed by atoms with Gasteiger partial charge in [0.2, 0.25) is 0 Å². The average Bonchev–Trinajstić information content (AvgIpc) is 2.96. The van der Waals surface area contributed by atoms with Gasteiger partial charge in [-0.1, -0.05) is 17.4 Å². The van der Waals surface area contributed by atoms with Gasteiger partial charge >= 0.3 is 0 Å². The summed E-state index contributed by atoms with van der Waals surface area (Å²) in [5, 5.41) is 14.0. The largest absolute Gasteiger partial charge is 0.298 e. The molecular formula is C17H15N3O5S2. The smallest absolute Gasteiger partial charge is 0.271 e. The number of sulfone groups is 1. The van der Waals surface area contributed by atoms with Gasteiger partial charge in [-0.3, -0.25) is 20.2 Å². The maximum Gasteiger partial charge on any atom is 0.271 e. The van der Waals surface area contributed by atoms with Crippen molar-refractivity contribution < 1.29 is 18.1 Å². The average molecular weight is 405 g/mol. The molecule has 1 aromatic heterocycles. The Bertz CT molecular complexity index is 1200. The highest BCUT2D eigenvalue weighted by atomic mass is 32.2. The van der Waals surface area contributed by atoms with Gasteiger partial charge in [0.15, 0.2) is 15.0 Å². The van der Waals surface area contributed by atoms with E-state index in [0.717, 1.165) is 45.8 Å². The molecule has 1 heterocycles. The summed E-state index contributed by atoms with van der Waals surface area (Å²) < 4.78 is 24.4. The first-order chi connectivity index (χ1) is 12.5. The number of non-ortho nitro benzene ring substituents is 1. The number of nitro benzene ring substituents is 1. The molecule has 3 aromatic rings. The fourth-order valence-corrected chi connectivity index (χ4v) is 4.34. The molecule has 1 N–H and O–H groups in total. The number of nitro groups is 1. The molecule has 140 valence electrons. The molecule has 8 nitrogen and oxygen atoms in total. The number of fused-ring (bicyclic) bond motifs is 1. The summed E-state index contributed by atoms with van der Waals surface area (Å²) in [6, 6.07) is 7.00. The van der Waals surface area contributed by atoms with E-state index in [1.54, 1.807) is 0 Å². The van der Waals surface area contributed by atoms with E-state index >= 15 is 0 Å². The normalized spacial score (nSPS) is 11.5. The molecule has 0 aliphatic rings. The van der Waals surface area contributed by atoms with E-state index < -0.39 is 26.4 Å². The van der Waals surface area contributed by atoms with Crippen LogP contribution in [0.2, 0.25) is 0 Å². The third-order valence-electron chi connectivity index (χ3n) is 3.84. The van der Waals surface area contributed by atoms with Gasteiger partial charge in [-0.2, -0.15) is 0 Å². The molecule has 2 aromatic carbocycles. The van der Waals surface area contributed by atoms with Gasteiger partial charge < -0.3 is 0 Å². The summed E-state index contributed by atoms with van der Waals surface area (Å²) in [7, 11) is -3.72. The van der Waals surface area contributed by atoms with Crippen LogP contribution < -0.4 is 5.32 Å². The van der Waals surface area contributed by atoms with Crippen LogP contribution in [-0.2, 0) is 9.84 Å². The Labute approximate surface area is 158 Å². The van der Waals surface area contributed by atoms with E-state index in [-0.39, 0.29) is 10.5 Å². The minimum absolute atomic E-state index is 0.128. The Morgan fingerprint density at radius 2 is 1.89 bits per heavy atom. The van der Waals surface area contributed by atoms with Crippen LogP contribution in [0.3, 0.4) is 0 Å². The molecule has 3 rings (SSSR count). The Morgan fingerprint density at radius 3 is 2.52 bits per heavy atom. The number of benzene rings is 2. The highest BCUT2D eigenvalue weighted by Gasteiger charge is 2.20. The number of hydrogen-bond donors (Lipinski definition) is 1. The van der Waals surface area contributed by atoms with Crippen LogP contribution in [0.4, 0.5) is 10.8 Å². The first-order valence-electron chi connectivity index (χ1n) is 7.73. The van der Waals surface area contributed by atoms with Crippen LogP contribution >= 0.6 is 11.3 Å². The van der Waals surface area contributed by atoms with E-state index in [1.807, 2.05) is 26.0 Å². The second-order valence-corrected chi connectivity index (χ2v) is 9.19. The second kappa shape index (κ2) is 6.71. The minimum atomic E-state index is -3.72. The van der Waals surface area contributed by atoms with Gasteiger partial charge in [0.1, 0.15) is 0 Å². The zero-order chi connectivity index (χ0) is 19.9. The van der Waals surface area contributed by atoms with Gasteiger partial charge in [0, 0.05) is 24.0 Å². The van der Waals surface area contributed by atoms with Gasteiger partial charge in [-0.05, 0) is 37.1 Å². The Balaban J connectivity index is 2.00. The standard InChI is InChI=1S/C17H15N3O5S2/c1-9-4-10(2)15-14(5-9)26-17(18-15)19-16(21)11-6-12(20(22)23)8-13(7-11)27(3,24)25/h4-8H,1-3H3,(H,18,19,21). The Hall–Kier alpha value is -2.85. The first-order valence-corrected chi connectivity index (χ1v) is 10.4. The SMILES string of the molecule is Cc1cc(C)c2nc(NC(=O)c3cc([N+](=O)[O-])cc(S(C)(=O)=O)c3)sc2c1. The van der Waals surface area contributed by atoms with Crippen LogP contribution in [-0.4, -0.2) is 30.5 Å². The molecule has 0 unspecified atom stereocenters. The summed E-state index contributed by atoms with van der Waals surface area (Å²) in [6.07, 6.45) is 0.923.